The molecule has 3 nitrogen and oxygen atoms in total. The molecule has 0 spiro atoms. The molecule has 0 saturated carbocycles. The minimum atomic E-state index is -0.463. The van der Waals surface area contributed by atoms with Crippen LogP contribution in [0.1, 0.15) is 33.2 Å². The molecule has 0 fully saturated rings. The molecule has 0 N–H and O–H groups in total. The molecular weight excluding hydrogens is 288 g/mol. The number of aryl methyl sites for hydroxylation is 1. The number of benzene rings is 3. The van der Waals surface area contributed by atoms with E-state index >= 15 is 0 Å². The van der Waals surface area contributed by atoms with Crippen LogP contribution >= 0.6 is 0 Å². The van der Waals surface area contributed by atoms with E-state index in [0.717, 1.165) is 16.3 Å². The number of carbonyl (C=O) groups is 2. The van der Waals surface area contributed by atoms with E-state index in [9.17, 15) is 9.59 Å². The summed E-state index contributed by atoms with van der Waals surface area (Å²) in [5.41, 5.74) is 1.82. The van der Waals surface area contributed by atoms with Crippen molar-refractivity contribution in [2.45, 2.75) is 13.8 Å². The Morgan fingerprint density at radius 1 is 0.870 bits per heavy atom. The highest BCUT2D eigenvalue weighted by molar-refractivity contribution is 6.06. The van der Waals surface area contributed by atoms with Crippen LogP contribution in [0.3, 0.4) is 0 Å². The van der Waals surface area contributed by atoms with E-state index in [1.54, 1.807) is 18.2 Å². The zero-order valence-corrected chi connectivity index (χ0v) is 13.0. The monoisotopic (exact) mass is 304 g/mol. The van der Waals surface area contributed by atoms with Crippen LogP contribution in [0.15, 0.2) is 60.7 Å². The zero-order chi connectivity index (χ0) is 16.4. The molecule has 0 unspecified atom stereocenters. The fourth-order valence-corrected chi connectivity index (χ4v) is 2.56. The lowest BCUT2D eigenvalue weighted by Gasteiger charge is -2.10. The quantitative estimate of drug-likeness (QED) is 0.404. The van der Waals surface area contributed by atoms with Crippen LogP contribution in [0.5, 0.6) is 5.75 Å². The Kier molecular flexibility index (Phi) is 3.94. The number of ketones is 1. The highest BCUT2D eigenvalue weighted by Gasteiger charge is 2.16. The first-order valence-electron chi connectivity index (χ1n) is 7.38. The van der Waals surface area contributed by atoms with Crippen molar-refractivity contribution >= 4 is 22.5 Å². The average Bonchev–Trinajstić information content (AvgIpc) is 2.54. The Morgan fingerprint density at radius 3 is 2.39 bits per heavy atom. The number of esters is 1. The van der Waals surface area contributed by atoms with Crippen molar-refractivity contribution in [1.29, 1.82) is 0 Å². The Morgan fingerprint density at radius 2 is 1.61 bits per heavy atom. The van der Waals surface area contributed by atoms with Crippen molar-refractivity contribution in [3.63, 3.8) is 0 Å². The summed E-state index contributed by atoms with van der Waals surface area (Å²) in [5, 5.41) is 1.80. The largest absolute Gasteiger partial charge is 0.422 e. The van der Waals surface area contributed by atoms with Gasteiger partial charge in [-0.3, -0.25) is 4.79 Å². The van der Waals surface area contributed by atoms with Crippen LogP contribution in [0, 0.1) is 6.92 Å². The van der Waals surface area contributed by atoms with Crippen LogP contribution in [0.25, 0.3) is 10.8 Å². The Bertz CT molecular complexity index is 904. The normalized spacial score (nSPS) is 10.5. The minimum Gasteiger partial charge on any atom is -0.422 e. The van der Waals surface area contributed by atoms with Gasteiger partial charge >= 0.3 is 5.97 Å². The van der Waals surface area contributed by atoms with Gasteiger partial charge in [-0.05, 0) is 48.4 Å². The molecule has 3 rings (SSSR count). The maximum absolute atomic E-state index is 12.6. The summed E-state index contributed by atoms with van der Waals surface area (Å²) >= 11 is 0. The number of hydrogen-bond acceptors (Lipinski definition) is 3. The maximum atomic E-state index is 12.6. The molecule has 0 aliphatic rings. The molecule has 0 heterocycles. The molecule has 0 bridgehead atoms. The van der Waals surface area contributed by atoms with Gasteiger partial charge in [-0.15, -0.1) is 0 Å². The average molecular weight is 304 g/mol. The molecule has 3 heteroatoms. The van der Waals surface area contributed by atoms with Crippen LogP contribution in [-0.4, -0.2) is 11.8 Å². The van der Waals surface area contributed by atoms with Crippen molar-refractivity contribution < 1.29 is 14.3 Å². The Labute approximate surface area is 134 Å². The second-order valence-corrected chi connectivity index (χ2v) is 5.47. The first-order valence-corrected chi connectivity index (χ1v) is 7.38. The fourth-order valence-electron chi connectivity index (χ4n) is 2.56. The molecule has 3 aromatic carbocycles. The minimum absolute atomic E-state index is 0.134. The molecular formula is C20H16O3. The lowest BCUT2D eigenvalue weighted by molar-refractivity contribution is 0.0735. The topological polar surface area (TPSA) is 43.4 Å². The van der Waals surface area contributed by atoms with Gasteiger partial charge in [-0.2, -0.15) is 0 Å². The second kappa shape index (κ2) is 6.05. The van der Waals surface area contributed by atoms with E-state index < -0.39 is 5.97 Å². The summed E-state index contributed by atoms with van der Waals surface area (Å²) < 4.78 is 5.52. The molecule has 0 radical (unpaired) electrons. The number of carbonyl (C=O) groups excluding carboxylic acids is 2. The van der Waals surface area contributed by atoms with E-state index in [1.165, 1.54) is 6.92 Å². The van der Waals surface area contributed by atoms with E-state index in [2.05, 4.69) is 0 Å². The van der Waals surface area contributed by atoms with Crippen molar-refractivity contribution in [2.24, 2.45) is 0 Å². The molecule has 0 amide bonds. The van der Waals surface area contributed by atoms with Gasteiger partial charge in [0.1, 0.15) is 5.75 Å². The first-order chi connectivity index (χ1) is 11.1. The Balaban J connectivity index is 2.02. The summed E-state index contributed by atoms with van der Waals surface area (Å²) in [4.78, 5) is 24.3. The summed E-state index contributed by atoms with van der Waals surface area (Å²) in [6, 6.07) is 18.3. The van der Waals surface area contributed by atoms with Gasteiger partial charge in [0.15, 0.2) is 5.78 Å². The predicted octanol–water partition coefficient (Wildman–Crippen LogP) is 4.57. The smallest absolute Gasteiger partial charge is 0.344 e. The highest BCUT2D eigenvalue weighted by atomic mass is 16.5. The molecule has 23 heavy (non-hydrogen) atoms. The van der Waals surface area contributed by atoms with E-state index in [1.807, 2.05) is 49.4 Å². The van der Waals surface area contributed by atoms with Crippen LogP contribution in [-0.2, 0) is 0 Å². The molecule has 0 aliphatic heterocycles. The fraction of sp³-hybridized carbons (Fsp3) is 0.100. The Hall–Kier alpha value is -2.94. The van der Waals surface area contributed by atoms with Gasteiger partial charge in [0.2, 0.25) is 0 Å². The number of rotatable bonds is 3. The van der Waals surface area contributed by atoms with Crippen molar-refractivity contribution in [3.05, 3.63) is 77.4 Å². The second-order valence-electron chi connectivity index (χ2n) is 5.47. The predicted molar refractivity (Wildman–Crippen MR) is 90.1 cm³/mol. The summed E-state index contributed by atoms with van der Waals surface area (Å²) in [6.45, 7) is 3.35. The molecule has 3 aromatic rings. The van der Waals surface area contributed by atoms with Crippen LogP contribution in [0.4, 0.5) is 0 Å². The molecule has 0 saturated heterocycles. The van der Waals surface area contributed by atoms with Crippen LogP contribution in [0.2, 0.25) is 0 Å². The summed E-state index contributed by atoms with van der Waals surface area (Å²) in [7, 11) is 0. The lowest BCUT2D eigenvalue weighted by atomic mass is 10.0. The molecule has 0 aromatic heterocycles. The van der Waals surface area contributed by atoms with Crippen molar-refractivity contribution in [2.75, 3.05) is 0 Å². The number of Topliss-reactive ketones (excluding diaryl/α,β-unsaturated/α-hetero) is 1. The number of hydrogen-bond donors (Lipinski definition) is 0. The maximum Gasteiger partial charge on any atom is 0.344 e. The van der Waals surface area contributed by atoms with E-state index in [4.69, 9.17) is 4.74 Å². The van der Waals surface area contributed by atoms with Gasteiger partial charge in [0.25, 0.3) is 0 Å². The van der Waals surface area contributed by atoms with Gasteiger partial charge in [-0.25, -0.2) is 4.79 Å². The van der Waals surface area contributed by atoms with Gasteiger partial charge in [0.05, 0.1) is 11.1 Å². The van der Waals surface area contributed by atoms with Crippen molar-refractivity contribution in [1.82, 2.24) is 0 Å². The highest BCUT2D eigenvalue weighted by Crippen LogP contribution is 2.24. The molecule has 0 aliphatic carbocycles. The summed E-state index contributed by atoms with van der Waals surface area (Å²) in [6.07, 6.45) is 0. The number of ether oxygens (including phenoxy) is 1. The third kappa shape index (κ3) is 2.99. The van der Waals surface area contributed by atoms with Gasteiger partial charge in [0, 0.05) is 0 Å². The SMILES string of the molecule is CC(=O)c1ccc(C)cc1OC(=O)c1cccc2ccccc12. The van der Waals surface area contributed by atoms with Crippen LogP contribution < -0.4 is 4.74 Å². The lowest BCUT2D eigenvalue weighted by Crippen LogP contribution is -2.11. The molecule has 114 valence electrons. The van der Waals surface area contributed by atoms with Gasteiger partial charge in [-0.1, -0.05) is 42.5 Å². The van der Waals surface area contributed by atoms with E-state index in [-0.39, 0.29) is 5.78 Å². The standard InChI is InChI=1S/C20H16O3/c1-13-10-11-16(14(2)21)19(12-13)23-20(22)18-9-5-7-15-6-3-4-8-17(15)18/h3-12H,1-2H3. The van der Waals surface area contributed by atoms with E-state index in [0.29, 0.717) is 16.9 Å². The third-order valence-electron chi connectivity index (χ3n) is 3.73. The van der Waals surface area contributed by atoms with Crippen molar-refractivity contribution in [3.8, 4) is 5.75 Å². The zero-order valence-electron chi connectivity index (χ0n) is 13.0. The third-order valence-corrected chi connectivity index (χ3v) is 3.73. The van der Waals surface area contributed by atoms with Gasteiger partial charge < -0.3 is 4.74 Å². The first kappa shape index (κ1) is 15.0. The number of fused-ring (bicyclic) bond motifs is 1. The summed E-state index contributed by atoms with van der Waals surface area (Å²) in [5.74, 6) is -0.295. The molecule has 0 atom stereocenters.